The number of piperidine rings is 1. The van der Waals surface area contributed by atoms with Crippen molar-refractivity contribution in [2.75, 3.05) is 32.8 Å². The minimum Gasteiger partial charge on any atom is -0.486 e. The zero-order chi connectivity index (χ0) is 23.2. The van der Waals surface area contributed by atoms with Gasteiger partial charge in [-0.1, -0.05) is 0 Å². The molecular weight excluding hydrogens is 439 g/mol. The topological polar surface area (TPSA) is 77.7 Å². The van der Waals surface area contributed by atoms with Crippen molar-refractivity contribution in [2.24, 2.45) is 0 Å². The predicted molar refractivity (Wildman–Crippen MR) is 125 cm³/mol. The Bertz CT molecular complexity index is 1350. The molecule has 0 aliphatic carbocycles. The van der Waals surface area contributed by atoms with Gasteiger partial charge in [0.05, 0.1) is 6.04 Å². The molecule has 5 heterocycles. The average Bonchev–Trinajstić information content (AvgIpc) is 3.24. The molecule has 1 atom stereocenters. The summed E-state index contributed by atoms with van der Waals surface area (Å²) in [5.74, 6) is 0.292. The summed E-state index contributed by atoms with van der Waals surface area (Å²) >= 11 is 0. The molecule has 3 aliphatic heterocycles. The summed E-state index contributed by atoms with van der Waals surface area (Å²) in [5.41, 5.74) is 1.45. The van der Waals surface area contributed by atoms with Crippen molar-refractivity contribution in [3.05, 3.63) is 68.5 Å². The molecule has 0 amide bonds. The fraction of sp³-hybridized carbons (Fsp3) is 0.440. The standard InChI is InChI=1S/C25H27FN4O4/c26-20-11-16(12-21-24(20)34-10-9-33-21)13-27-18-5-7-28(8-6-18)14-19-15-29-22(31)3-1-17-2-4-23(32)30(19)25(17)29/h1-4,11-12,18-19,27H,5-10,13-15H2/t19-/m1/s1. The first-order valence-electron chi connectivity index (χ1n) is 11.9. The second-order valence-corrected chi connectivity index (χ2v) is 9.31. The van der Waals surface area contributed by atoms with Crippen molar-refractivity contribution in [2.45, 2.75) is 38.0 Å². The SMILES string of the molecule is O=c1ccc2ccc(=O)n3c2n1C[C@H]3CN1CCC(NCc2cc(F)c3c(c2)OCCO3)CC1. The van der Waals surface area contributed by atoms with Crippen molar-refractivity contribution in [1.29, 1.82) is 0 Å². The Morgan fingerprint density at radius 3 is 2.59 bits per heavy atom. The molecule has 0 radical (unpaired) electrons. The van der Waals surface area contributed by atoms with E-state index in [-0.39, 0.29) is 28.7 Å². The Kier molecular flexibility index (Phi) is 5.38. The largest absolute Gasteiger partial charge is 0.486 e. The van der Waals surface area contributed by atoms with E-state index in [4.69, 9.17) is 9.47 Å². The quantitative estimate of drug-likeness (QED) is 0.619. The van der Waals surface area contributed by atoms with Crippen molar-refractivity contribution in [1.82, 2.24) is 19.4 Å². The van der Waals surface area contributed by atoms with Gasteiger partial charge in [-0.3, -0.25) is 18.7 Å². The normalized spacial score (nSPS) is 20.2. The smallest absolute Gasteiger partial charge is 0.252 e. The number of ether oxygens (including phenoxy) is 2. The molecule has 178 valence electrons. The molecule has 6 rings (SSSR count). The zero-order valence-corrected chi connectivity index (χ0v) is 18.8. The molecule has 2 aromatic heterocycles. The fourth-order valence-corrected chi connectivity index (χ4v) is 5.44. The lowest BCUT2D eigenvalue weighted by Gasteiger charge is -2.34. The van der Waals surface area contributed by atoms with E-state index in [1.807, 2.05) is 6.07 Å². The van der Waals surface area contributed by atoms with E-state index in [0.29, 0.717) is 38.1 Å². The van der Waals surface area contributed by atoms with E-state index in [1.165, 1.54) is 6.07 Å². The van der Waals surface area contributed by atoms with E-state index in [1.54, 1.807) is 33.4 Å². The van der Waals surface area contributed by atoms with E-state index >= 15 is 0 Å². The minimum atomic E-state index is -0.384. The van der Waals surface area contributed by atoms with Crippen LogP contribution in [0.5, 0.6) is 11.5 Å². The molecule has 0 unspecified atom stereocenters. The maximum absolute atomic E-state index is 14.3. The van der Waals surface area contributed by atoms with Crippen molar-refractivity contribution >= 4 is 11.0 Å². The summed E-state index contributed by atoms with van der Waals surface area (Å²) in [6, 6.07) is 10.4. The molecule has 0 bridgehead atoms. The summed E-state index contributed by atoms with van der Waals surface area (Å²) in [7, 11) is 0. The number of nitrogens with one attached hydrogen (secondary N) is 1. The van der Waals surface area contributed by atoms with E-state index in [0.717, 1.165) is 49.1 Å². The van der Waals surface area contributed by atoms with Crippen LogP contribution in [0.15, 0.2) is 46.0 Å². The third kappa shape index (κ3) is 3.78. The number of nitrogens with zero attached hydrogens (tertiary/aromatic N) is 3. The van der Waals surface area contributed by atoms with Crippen LogP contribution in [0, 0.1) is 5.82 Å². The first-order chi connectivity index (χ1) is 16.6. The summed E-state index contributed by atoms with van der Waals surface area (Å²) in [5, 5.41) is 4.46. The monoisotopic (exact) mass is 466 g/mol. The van der Waals surface area contributed by atoms with E-state index in [9.17, 15) is 14.0 Å². The van der Waals surface area contributed by atoms with Crippen LogP contribution < -0.4 is 25.9 Å². The Balaban J connectivity index is 1.07. The maximum Gasteiger partial charge on any atom is 0.252 e. The fourth-order valence-electron chi connectivity index (χ4n) is 5.44. The van der Waals surface area contributed by atoms with Crippen molar-refractivity contribution in [3.8, 4) is 11.5 Å². The molecule has 1 N–H and O–H groups in total. The number of hydrogen-bond donors (Lipinski definition) is 1. The highest BCUT2D eigenvalue weighted by molar-refractivity contribution is 5.76. The zero-order valence-electron chi connectivity index (χ0n) is 18.8. The van der Waals surface area contributed by atoms with Crippen LogP contribution in [0.4, 0.5) is 4.39 Å². The van der Waals surface area contributed by atoms with Gasteiger partial charge in [-0.15, -0.1) is 0 Å². The Hall–Kier alpha value is -3.17. The highest BCUT2D eigenvalue weighted by Gasteiger charge is 2.29. The summed E-state index contributed by atoms with van der Waals surface area (Å²) in [6.07, 6.45) is 1.93. The molecule has 8 nitrogen and oxygen atoms in total. The second-order valence-electron chi connectivity index (χ2n) is 9.31. The van der Waals surface area contributed by atoms with Gasteiger partial charge in [0.1, 0.15) is 18.9 Å². The van der Waals surface area contributed by atoms with Gasteiger partial charge < -0.3 is 19.7 Å². The molecule has 1 saturated heterocycles. The lowest BCUT2D eigenvalue weighted by atomic mass is 10.0. The van der Waals surface area contributed by atoms with Gasteiger partial charge in [0.15, 0.2) is 17.3 Å². The van der Waals surface area contributed by atoms with Gasteiger partial charge in [0, 0.05) is 43.2 Å². The lowest BCUT2D eigenvalue weighted by Crippen LogP contribution is -2.44. The molecule has 0 spiro atoms. The Morgan fingerprint density at radius 1 is 1.00 bits per heavy atom. The molecule has 1 aromatic carbocycles. The third-order valence-corrected chi connectivity index (χ3v) is 7.12. The molecule has 3 aliphatic rings. The Morgan fingerprint density at radius 2 is 1.76 bits per heavy atom. The average molecular weight is 467 g/mol. The first-order valence-corrected chi connectivity index (χ1v) is 11.9. The van der Waals surface area contributed by atoms with Crippen LogP contribution in [0.25, 0.3) is 11.0 Å². The van der Waals surface area contributed by atoms with Crippen molar-refractivity contribution < 1.29 is 13.9 Å². The lowest BCUT2D eigenvalue weighted by molar-refractivity contribution is 0.163. The van der Waals surface area contributed by atoms with Gasteiger partial charge in [-0.05, 0) is 55.8 Å². The number of benzene rings is 1. The van der Waals surface area contributed by atoms with Crippen LogP contribution in [-0.4, -0.2) is 52.9 Å². The van der Waals surface area contributed by atoms with E-state index < -0.39 is 0 Å². The molecule has 34 heavy (non-hydrogen) atoms. The number of rotatable bonds is 5. The minimum absolute atomic E-state index is 0.0449. The predicted octanol–water partition coefficient (Wildman–Crippen LogP) is 1.88. The van der Waals surface area contributed by atoms with Crippen LogP contribution in [-0.2, 0) is 13.1 Å². The molecular formula is C25H27FN4O4. The number of aromatic nitrogens is 2. The van der Waals surface area contributed by atoms with Crippen LogP contribution >= 0.6 is 0 Å². The van der Waals surface area contributed by atoms with Crippen LogP contribution in [0.2, 0.25) is 0 Å². The summed E-state index contributed by atoms with van der Waals surface area (Å²) in [6.45, 7) is 4.44. The number of pyridine rings is 2. The molecule has 9 heteroatoms. The molecule has 3 aromatic rings. The number of hydrogen-bond acceptors (Lipinski definition) is 6. The van der Waals surface area contributed by atoms with Gasteiger partial charge in [0.25, 0.3) is 11.1 Å². The molecule has 0 saturated carbocycles. The summed E-state index contributed by atoms with van der Waals surface area (Å²) < 4.78 is 28.7. The van der Waals surface area contributed by atoms with Gasteiger partial charge >= 0.3 is 0 Å². The Labute approximate surface area is 195 Å². The highest BCUT2D eigenvalue weighted by atomic mass is 19.1. The number of halogens is 1. The third-order valence-electron chi connectivity index (χ3n) is 7.12. The number of likely N-dealkylation sites (tertiary alicyclic amines) is 1. The maximum atomic E-state index is 14.3. The second kappa shape index (κ2) is 8.56. The molecule has 1 fully saturated rings. The van der Waals surface area contributed by atoms with Crippen molar-refractivity contribution in [3.63, 3.8) is 0 Å². The summed E-state index contributed by atoms with van der Waals surface area (Å²) in [4.78, 5) is 27.4. The van der Waals surface area contributed by atoms with Gasteiger partial charge in [0.2, 0.25) is 0 Å². The van der Waals surface area contributed by atoms with Crippen LogP contribution in [0.1, 0.15) is 24.4 Å². The first kappa shape index (κ1) is 21.4. The number of fused-ring (bicyclic) bond motifs is 1. The van der Waals surface area contributed by atoms with Gasteiger partial charge in [-0.2, -0.15) is 0 Å². The highest BCUT2D eigenvalue weighted by Crippen LogP contribution is 2.34. The van der Waals surface area contributed by atoms with E-state index in [2.05, 4.69) is 10.2 Å². The van der Waals surface area contributed by atoms with Crippen LogP contribution in [0.3, 0.4) is 0 Å². The van der Waals surface area contributed by atoms with Gasteiger partial charge in [-0.25, -0.2) is 4.39 Å².